The van der Waals surface area contributed by atoms with E-state index in [0.717, 1.165) is 6.07 Å². The first-order valence-corrected chi connectivity index (χ1v) is 6.73. The molecule has 1 aromatic rings. The second kappa shape index (κ2) is 8.02. The fourth-order valence-corrected chi connectivity index (χ4v) is 1.41. The number of nitrogens with zero attached hydrogens (tertiary/aromatic N) is 2. The summed E-state index contributed by atoms with van der Waals surface area (Å²) in [6, 6.07) is 0.781. The summed E-state index contributed by atoms with van der Waals surface area (Å²) in [5.74, 6) is 0.160. The third-order valence-corrected chi connectivity index (χ3v) is 2.26. The Morgan fingerprint density at radius 3 is 2.52 bits per heavy atom. The smallest absolute Gasteiger partial charge is 0.433 e. The van der Waals surface area contributed by atoms with Gasteiger partial charge in [0.1, 0.15) is 6.61 Å². The maximum absolute atomic E-state index is 12.7. The average Bonchev–Trinajstić information content (AvgIpc) is 2.37. The Kier molecular flexibility index (Phi) is 6.67. The van der Waals surface area contributed by atoms with Gasteiger partial charge in [0.2, 0.25) is 11.8 Å². The van der Waals surface area contributed by atoms with E-state index in [4.69, 9.17) is 9.47 Å². The molecule has 120 valence electrons. The van der Waals surface area contributed by atoms with Crippen molar-refractivity contribution in [3.63, 3.8) is 0 Å². The van der Waals surface area contributed by atoms with E-state index in [-0.39, 0.29) is 18.4 Å². The maximum Gasteiger partial charge on any atom is 0.433 e. The van der Waals surface area contributed by atoms with Crippen LogP contribution in [0.4, 0.5) is 19.1 Å². The molecule has 8 heteroatoms. The molecule has 0 aliphatic rings. The third-order valence-electron chi connectivity index (χ3n) is 2.26. The molecule has 0 radical (unpaired) electrons. The Morgan fingerprint density at radius 1 is 1.24 bits per heavy atom. The van der Waals surface area contributed by atoms with Crippen LogP contribution in [0.5, 0.6) is 5.88 Å². The van der Waals surface area contributed by atoms with Gasteiger partial charge in [-0.1, -0.05) is 13.8 Å². The van der Waals surface area contributed by atoms with Crippen molar-refractivity contribution >= 4 is 5.95 Å². The zero-order valence-electron chi connectivity index (χ0n) is 12.3. The molecule has 1 heterocycles. The van der Waals surface area contributed by atoms with E-state index in [9.17, 15) is 13.2 Å². The topological polar surface area (TPSA) is 56.3 Å². The summed E-state index contributed by atoms with van der Waals surface area (Å²) in [7, 11) is 0. The predicted octanol–water partition coefficient (Wildman–Crippen LogP) is 2.98. The number of alkyl halides is 3. The highest BCUT2D eigenvalue weighted by atomic mass is 19.4. The first-order valence-electron chi connectivity index (χ1n) is 6.73. The van der Waals surface area contributed by atoms with E-state index >= 15 is 0 Å². The number of halogens is 3. The normalized spacial score (nSPS) is 11.8. The van der Waals surface area contributed by atoms with Crippen molar-refractivity contribution in [3.8, 4) is 5.88 Å². The van der Waals surface area contributed by atoms with Crippen LogP contribution in [-0.2, 0) is 10.9 Å². The molecule has 0 amide bonds. The zero-order chi connectivity index (χ0) is 15.9. The van der Waals surface area contributed by atoms with Crippen LogP contribution < -0.4 is 10.1 Å². The number of ether oxygens (including phenoxy) is 2. The minimum Gasteiger partial charge on any atom is -0.475 e. The summed E-state index contributed by atoms with van der Waals surface area (Å²) in [6.45, 7) is 7.16. The highest BCUT2D eigenvalue weighted by Gasteiger charge is 2.34. The molecule has 0 spiro atoms. The van der Waals surface area contributed by atoms with Gasteiger partial charge < -0.3 is 14.8 Å². The molecule has 0 bridgehead atoms. The Morgan fingerprint density at radius 2 is 1.95 bits per heavy atom. The summed E-state index contributed by atoms with van der Waals surface area (Å²) in [6.07, 6.45) is -4.54. The van der Waals surface area contributed by atoms with Crippen LogP contribution in [-0.4, -0.2) is 36.3 Å². The van der Waals surface area contributed by atoms with Crippen LogP contribution >= 0.6 is 0 Å². The number of hydrogen-bond donors (Lipinski definition) is 1. The molecular formula is C13H20F3N3O2. The summed E-state index contributed by atoms with van der Waals surface area (Å²) in [4.78, 5) is 7.27. The molecule has 0 saturated heterocycles. The van der Waals surface area contributed by atoms with Gasteiger partial charge in [0, 0.05) is 19.2 Å². The van der Waals surface area contributed by atoms with Gasteiger partial charge in [-0.25, -0.2) is 4.98 Å². The van der Waals surface area contributed by atoms with Crippen LogP contribution in [0, 0.1) is 5.92 Å². The summed E-state index contributed by atoms with van der Waals surface area (Å²) in [5, 5.41) is 2.64. The van der Waals surface area contributed by atoms with Crippen molar-refractivity contribution in [1.82, 2.24) is 9.97 Å². The molecule has 0 aromatic carbocycles. The molecule has 1 aromatic heterocycles. The number of aromatic nitrogens is 2. The summed E-state index contributed by atoms with van der Waals surface area (Å²) in [5.41, 5.74) is -1.04. The van der Waals surface area contributed by atoms with Gasteiger partial charge >= 0.3 is 6.18 Å². The Labute approximate surface area is 121 Å². The van der Waals surface area contributed by atoms with Crippen LogP contribution in [0.15, 0.2) is 6.07 Å². The quantitative estimate of drug-likeness (QED) is 0.748. The molecular weight excluding hydrogens is 287 g/mol. The first kappa shape index (κ1) is 17.5. The second-order valence-electron chi connectivity index (χ2n) is 4.76. The van der Waals surface area contributed by atoms with Crippen molar-refractivity contribution in [2.45, 2.75) is 26.9 Å². The van der Waals surface area contributed by atoms with Gasteiger partial charge in [-0.3, -0.25) is 0 Å². The number of rotatable bonds is 8. The van der Waals surface area contributed by atoms with E-state index in [1.165, 1.54) is 0 Å². The van der Waals surface area contributed by atoms with Gasteiger partial charge in [-0.15, -0.1) is 0 Å². The van der Waals surface area contributed by atoms with Gasteiger partial charge in [0.05, 0.1) is 6.61 Å². The van der Waals surface area contributed by atoms with Crippen molar-refractivity contribution in [2.75, 3.05) is 31.7 Å². The molecule has 21 heavy (non-hydrogen) atoms. The largest absolute Gasteiger partial charge is 0.475 e. The minimum absolute atomic E-state index is 0.106. The molecule has 0 aliphatic carbocycles. The molecule has 0 unspecified atom stereocenters. The Balaban J connectivity index is 2.65. The lowest BCUT2D eigenvalue weighted by Crippen LogP contribution is -2.15. The van der Waals surface area contributed by atoms with E-state index in [1.807, 2.05) is 13.8 Å². The third kappa shape index (κ3) is 6.61. The lowest BCUT2D eigenvalue weighted by Gasteiger charge is -2.12. The highest BCUT2D eigenvalue weighted by molar-refractivity contribution is 5.31. The first-order chi connectivity index (χ1) is 9.82. The molecule has 5 nitrogen and oxygen atoms in total. The summed E-state index contributed by atoms with van der Waals surface area (Å²) < 4.78 is 48.6. The average molecular weight is 307 g/mol. The van der Waals surface area contributed by atoms with Gasteiger partial charge in [0.25, 0.3) is 0 Å². The van der Waals surface area contributed by atoms with Crippen molar-refractivity contribution in [3.05, 3.63) is 11.8 Å². The number of anilines is 1. The van der Waals surface area contributed by atoms with Crippen LogP contribution in [0.2, 0.25) is 0 Å². The standard InChI is InChI=1S/C13H20F3N3O2/c1-4-17-12-18-10(13(14,15)16)7-11(19-12)21-6-5-20-8-9(2)3/h7,9H,4-6,8H2,1-3H3,(H,17,18,19). The molecule has 0 atom stereocenters. The lowest BCUT2D eigenvalue weighted by atomic mass is 10.2. The van der Waals surface area contributed by atoms with E-state index in [1.54, 1.807) is 6.92 Å². The SMILES string of the molecule is CCNc1nc(OCCOCC(C)C)cc(C(F)(F)F)n1. The second-order valence-corrected chi connectivity index (χ2v) is 4.76. The van der Waals surface area contributed by atoms with Gasteiger partial charge in [0.15, 0.2) is 5.69 Å². The van der Waals surface area contributed by atoms with Crippen LogP contribution in [0.3, 0.4) is 0 Å². The predicted molar refractivity (Wildman–Crippen MR) is 72.3 cm³/mol. The lowest BCUT2D eigenvalue weighted by molar-refractivity contribution is -0.141. The van der Waals surface area contributed by atoms with E-state index < -0.39 is 11.9 Å². The fraction of sp³-hybridized carbons (Fsp3) is 0.692. The molecule has 0 saturated carbocycles. The number of nitrogens with one attached hydrogen (secondary N) is 1. The Bertz CT molecular complexity index is 439. The van der Waals surface area contributed by atoms with E-state index in [0.29, 0.717) is 25.7 Å². The highest BCUT2D eigenvalue weighted by Crippen LogP contribution is 2.30. The number of hydrogen-bond acceptors (Lipinski definition) is 5. The van der Waals surface area contributed by atoms with Crippen molar-refractivity contribution in [2.24, 2.45) is 5.92 Å². The molecule has 0 aliphatic heterocycles. The van der Waals surface area contributed by atoms with Crippen molar-refractivity contribution < 1.29 is 22.6 Å². The fourth-order valence-electron chi connectivity index (χ4n) is 1.41. The molecule has 1 rings (SSSR count). The minimum atomic E-state index is -4.54. The monoisotopic (exact) mass is 307 g/mol. The van der Waals surface area contributed by atoms with Crippen LogP contribution in [0.1, 0.15) is 26.5 Å². The van der Waals surface area contributed by atoms with Crippen LogP contribution in [0.25, 0.3) is 0 Å². The molecule has 1 N–H and O–H groups in total. The van der Waals surface area contributed by atoms with Gasteiger partial charge in [-0.2, -0.15) is 18.2 Å². The summed E-state index contributed by atoms with van der Waals surface area (Å²) >= 11 is 0. The molecule has 0 fully saturated rings. The van der Waals surface area contributed by atoms with E-state index in [2.05, 4.69) is 15.3 Å². The maximum atomic E-state index is 12.7. The Hall–Kier alpha value is -1.57. The van der Waals surface area contributed by atoms with Crippen molar-refractivity contribution in [1.29, 1.82) is 0 Å². The zero-order valence-corrected chi connectivity index (χ0v) is 12.3. The van der Waals surface area contributed by atoms with Gasteiger partial charge in [-0.05, 0) is 12.8 Å².